The number of hydrogen-bond acceptors (Lipinski definition) is 2. The summed E-state index contributed by atoms with van der Waals surface area (Å²) in [7, 11) is 0. The third-order valence-corrected chi connectivity index (χ3v) is 3.22. The molecule has 4 heteroatoms. The molecule has 0 saturated heterocycles. The molecule has 1 N–H and O–H groups in total. The van der Waals surface area contributed by atoms with Crippen molar-refractivity contribution in [2.45, 2.75) is 20.0 Å². The number of hydrogen-bond donors (Lipinski definition) is 1. The van der Waals surface area contributed by atoms with Crippen LogP contribution in [-0.2, 0) is 13.1 Å². The predicted octanol–water partition coefficient (Wildman–Crippen LogP) is 3.99. The fraction of sp³-hybridized carbons (Fsp3) is 0.214. The summed E-state index contributed by atoms with van der Waals surface area (Å²) in [5, 5.41) is 4.68. The molecule has 0 amide bonds. The van der Waals surface area contributed by atoms with Crippen molar-refractivity contribution in [2.75, 3.05) is 0 Å². The first-order valence-corrected chi connectivity index (χ1v) is 6.47. The van der Waals surface area contributed by atoms with Crippen LogP contribution in [0.3, 0.4) is 0 Å². The van der Waals surface area contributed by atoms with E-state index in [-0.39, 0.29) is 0 Å². The molecule has 2 aromatic rings. The van der Waals surface area contributed by atoms with E-state index >= 15 is 0 Å². The van der Waals surface area contributed by atoms with Crippen molar-refractivity contribution in [1.29, 1.82) is 0 Å². The number of halogens is 2. The summed E-state index contributed by atoms with van der Waals surface area (Å²) in [4.78, 5) is 4.25. The highest BCUT2D eigenvalue weighted by Crippen LogP contribution is 2.20. The average Bonchev–Trinajstić information content (AvgIpc) is 2.34. The number of benzene rings is 1. The quantitative estimate of drug-likeness (QED) is 0.916. The SMILES string of the molecule is Cc1ccc(CNCc2ccc(Cl)cc2Cl)cn1. The van der Waals surface area contributed by atoms with Crippen LogP contribution in [0.1, 0.15) is 16.8 Å². The summed E-state index contributed by atoms with van der Waals surface area (Å²) in [6, 6.07) is 9.61. The van der Waals surface area contributed by atoms with E-state index in [0.29, 0.717) is 16.6 Å². The van der Waals surface area contributed by atoms with E-state index < -0.39 is 0 Å². The van der Waals surface area contributed by atoms with Gasteiger partial charge in [-0.05, 0) is 36.2 Å². The standard InChI is InChI=1S/C14H14Cl2N2/c1-10-2-3-11(8-18-10)7-17-9-12-4-5-13(15)6-14(12)16/h2-6,8,17H,7,9H2,1H3. The van der Waals surface area contributed by atoms with E-state index in [1.54, 1.807) is 6.07 Å². The molecule has 2 nitrogen and oxygen atoms in total. The van der Waals surface area contributed by atoms with Gasteiger partial charge in [-0.25, -0.2) is 0 Å². The lowest BCUT2D eigenvalue weighted by atomic mass is 10.2. The summed E-state index contributed by atoms with van der Waals surface area (Å²) >= 11 is 11.9. The molecule has 0 aliphatic heterocycles. The van der Waals surface area contributed by atoms with Gasteiger partial charge in [0.25, 0.3) is 0 Å². The van der Waals surface area contributed by atoms with Gasteiger partial charge in [0.2, 0.25) is 0 Å². The van der Waals surface area contributed by atoms with E-state index in [2.05, 4.69) is 16.4 Å². The Kier molecular flexibility index (Phi) is 4.59. The van der Waals surface area contributed by atoms with Crippen LogP contribution in [0.25, 0.3) is 0 Å². The van der Waals surface area contributed by atoms with Crippen LogP contribution in [0.2, 0.25) is 10.0 Å². The molecule has 0 aliphatic rings. The summed E-state index contributed by atoms with van der Waals surface area (Å²) in [6.45, 7) is 3.46. The van der Waals surface area contributed by atoms with Crippen molar-refractivity contribution >= 4 is 23.2 Å². The summed E-state index contributed by atoms with van der Waals surface area (Å²) < 4.78 is 0. The van der Waals surface area contributed by atoms with Crippen molar-refractivity contribution in [1.82, 2.24) is 10.3 Å². The van der Waals surface area contributed by atoms with Gasteiger partial charge in [0.15, 0.2) is 0 Å². The molecule has 0 saturated carbocycles. The Morgan fingerprint density at radius 3 is 2.61 bits per heavy atom. The molecule has 1 heterocycles. The Hall–Kier alpha value is -1.09. The molecular weight excluding hydrogens is 267 g/mol. The first-order chi connectivity index (χ1) is 8.65. The monoisotopic (exact) mass is 280 g/mol. The normalized spacial score (nSPS) is 10.6. The molecule has 0 aliphatic carbocycles. The molecule has 0 spiro atoms. The Balaban J connectivity index is 1.90. The van der Waals surface area contributed by atoms with Crippen LogP contribution in [0.4, 0.5) is 0 Å². The van der Waals surface area contributed by atoms with Gasteiger partial charge in [0.05, 0.1) is 0 Å². The van der Waals surface area contributed by atoms with E-state index in [0.717, 1.165) is 23.4 Å². The molecule has 0 radical (unpaired) electrons. The minimum Gasteiger partial charge on any atom is -0.309 e. The Morgan fingerprint density at radius 2 is 1.94 bits per heavy atom. The third-order valence-electron chi connectivity index (χ3n) is 2.63. The highest BCUT2D eigenvalue weighted by Gasteiger charge is 2.01. The highest BCUT2D eigenvalue weighted by molar-refractivity contribution is 6.35. The lowest BCUT2D eigenvalue weighted by Gasteiger charge is -2.07. The molecule has 1 aromatic heterocycles. The van der Waals surface area contributed by atoms with E-state index in [4.69, 9.17) is 23.2 Å². The van der Waals surface area contributed by atoms with Gasteiger partial charge < -0.3 is 5.32 Å². The second-order valence-electron chi connectivity index (χ2n) is 4.15. The van der Waals surface area contributed by atoms with Crippen LogP contribution in [0.5, 0.6) is 0 Å². The van der Waals surface area contributed by atoms with Gasteiger partial charge in [-0.15, -0.1) is 0 Å². The fourth-order valence-electron chi connectivity index (χ4n) is 1.61. The maximum Gasteiger partial charge on any atom is 0.0465 e. The molecule has 0 atom stereocenters. The topological polar surface area (TPSA) is 24.9 Å². The average molecular weight is 281 g/mol. The van der Waals surface area contributed by atoms with Gasteiger partial charge in [-0.3, -0.25) is 4.98 Å². The van der Waals surface area contributed by atoms with Crippen molar-refractivity contribution < 1.29 is 0 Å². The number of aryl methyl sites for hydroxylation is 1. The molecule has 18 heavy (non-hydrogen) atoms. The lowest BCUT2D eigenvalue weighted by molar-refractivity contribution is 0.691. The molecule has 2 rings (SSSR count). The summed E-state index contributed by atoms with van der Waals surface area (Å²) in [5.74, 6) is 0. The lowest BCUT2D eigenvalue weighted by Crippen LogP contribution is -2.13. The highest BCUT2D eigenvalue weighted by atomic mass is 35.5. The second-order valence-corrected chi connectivity index (χ2v) is 4.99. The number of nitrogens with zero attached hydrogens (tertiary/aromatic N) is 1. The molecule has 0 bridgehead atoms. The summed E-state index contributed by atoms with van der Waals surface area (Å²) in [6.07, 6.45) is 1.88. The zero-order chi connectivity index (χ0) is 13.0. The zero-order valence-electron chi connectivity index (χ0n) is 10.1. The molecule has 94 valence electrons. The molecule has 1 aromatic carbocycles. The van der Waals surface area contributed by atoms with Gasteiger partial charge >= 0.3 is 0 Å². The van der Waals surface area contributed by atoms with E-state index in [1.807, 2.05) is 31.3 Å². The van der Waals surface area contributed by atoms with Gasteiger partial charge in [0.1, 0.15) is 0 Å². The van der Waals surface area contributed by atoms with Crippen molar-refractivity contribution in [2.24, 2.45) is 0 Å². The largest absolute Gasteiger partial charge is 0.309 e. The number of rotatable bonds is 4. The fourth-order valence-corrected chi connectivity index (χ4v) is 2.08. The minimum absolute atomic E-state index is 0.659. The number of nitrogens with one attached hydrogen (secondary N) is 1. The van der Waals surface area contributed by atoms with Crippen molar-refractivity contribution in [3.63, 3.8) is 0 Å². The number of pyridine rings is 1. The summed E-state index contributed by atoms with van der Waals surface area (Å²) in [5.41, 5.74) is 3.23. The van der Waals surface area contributed by atoms with E-state index in [9.17, 15) is 0 Å². The minimum atomic E-state index is 0.659. The smallest absolute Gasteiger partial charge is 0.0465 e. The van der Waals surface area contributed by atoms with Crippen LogP contribution >= 0.6 is 23.2 Å². The van der Waals surface area contributed by atoms with Crippen molar-refractivity contribution in [3.05, 3.63) is 63.4 Å². The first-order valence-electron chi connectivity index (χ1n) is 5.71. The van der Waals surface area contributed by atoms with E-state index in [1.165, 1.54) is 0 Å². The first kappa shape index (κ1) is 13.3. The molecule has 0 fully saturated rings. The van der Waals surface area contributed by atoms with Crippen LogP contribution in [0.15, 0.2) is 36.5 Å². The van der Waals surface area contributed by atoms with Crippen LogP contribution < -0.4 is 5.32 Å². The Bertz CT molecular complexity index is 524. The van der Waals surface area contributed by atoms with Crippen LogP contribution in [0, 0.1) is 6.92 Å². The Morgan fingerprint density at radius 1 is 1.11 bits per heavy atom. The van der Waals surface area contributed by atoms with Gasteiger partial charge in [-0.1, -0.05) is 35.3 Å². The van der Waals surface area contributed by atoms with Gasteiger partial charge in [-0.2, -0.15) is 0 Å². The predicted molar refractivity (Wildman–Crippen MR) is 76.0 cm³/mol. The van der Waals surface area contributed by atoms with Crippen molar-refractivity contribution in [3.8, 4) is 0 Å². The molecule has 0 unspecified atom stereocenters. The molecular formula is C14H14Cl2N2. The Labute approximate surface area is 117 Å². The second kappa shape index (κ2) is 6.19. The number of aromatic nitrogens is 1. The van der Waals surface area contributed by atoms with Gasteiger partial charge in [0, 0.05) is 35.0 Å². The maximum atomic E-state index is 6.10. The maximum absolute atomic E-state index is 6.10. The zero-order valence-corrected chi connectivity index (χ0v) is 11.6. The third kappa shape index (κ3) is 3.70. The van der Waals surface area contributed by atoms with Crippen LogP contribution in [-0.4, -0.2) is 4.98 Å².